The number of aliphatic hydroxyl groups excluding tert-OH is 1. The Bertz CT molecular complexity index is 1660. The number of amides is 1. The van der Waals surface area contributed by atoms with Gasteiger partial charge >= 0.3 is 5.92 Å². The second-order valence-corrected chi connectivity index (χ2v) is 12.0. The van der Waals surface area contributed by atoms with Crippen LogP contribution >= 0.6 is 0 Å². The number of pyridine rings is 1. The van der Waals surface area contributed by atoms with Gasteiger partial charge in [-0.25, -0.2) is 18.7 Å². The number of alkyl halides is 2. The highest BCUT2D eigenvalue weighted by atomic mass is 19.3. The lowest BCUT2D eigenvalue weighted by Gasteiger charge is -2.43. The molecule has 3 saturated heterocycles. The Morgan fingerprint density at radius 3 is 2.62 bits per heavy atom. The van der Waals surface area contributed by atoms with Gasteiger partial charge in [0.05, 0.1) is 43.7 Å². The fraction of sp³-hybridized carbons (Fsp3) is 0.485. The number of nitrogens with one attached hydrogen (secondary N) is 1. The van der Waals surface area contributed by atoms with Crippen molar-refractivity contribution < 1.29 is 32.9 Å². The number of likely N-dealkylation sites (tertiary alicyclic amines) is 1. The maximum absolute atomic E-state index is 14.9. The zero-order valence-electron chi connectivity index (χ0n) is 26.8. The van der Waals surface area contributed by atoms with Crippen LogP contribution in [0.3, 0.4) is 0 Å². The van der Waals surface area contributed by atoms with Gasteiger partial charge in [-0.3, -0.25) is 9.69 Å². The van der Waals surface area contributed by atoms with Crippen molar-refractivity contribution in [3.63, 3.8) is 0 Å². The molecule has 3 aliphatic heterocycles. The smallest absolute Gasteiger partial charge is 0.301 e. The molecule has 2 atom stereocenters. The first-order valence-electron chi connectivity index (χ1n) is 16.0. The van der Waals surface area contributed by atoms with Gasteiger partial charge in [0.25, 0.3) is 5.91 Å². The number of nitrogens with zero attached hydrogens (tertiary/aromatic N) is 7. The van der Waals surface area contributed by atoms with E-state index in [1.807, 2.05) is 25.1 Å². The number of anilines is 3. The summed E-state index contributed by atoms with van der Waals surface area (Å²) in [5, 5.41) is 22.5. The van der Waals surface area contributed by atoms with Crippen LogP contribution in [-0.4, -0.2) is 119 Å². The summed E-state index contributed by atoms with van der Waals surface area (Å²) in [5.41, 5.74) is 2.02. The van der Waals surface area contributed by atoms with Crippen LogP contribution in [0.4, 0.5) is 26.2 Å². The van der Waals surface area contributed by atoms with Crippen molar-refractivity contribution in [1.29, 1.82) is 5.26 Å². The van der Waals surface area contributed by atoms with Crippen LogP contribution in [0.15, 0.2) is 42.6 Å². The number of hydrogen-bond acceptors (Lipinski definition) is 12. The molecule has 254 valence electrons. The third-order valence-corrected chi connectivity index (χ3v) is 8.68. The fourth-order valence-corrected chi connectivity index (χ4v) is 5.99. The number of aromatic nitrogens is 3. The number of ether oxygens (including phenoxy) is 3. The average Bonchev–Trinajstić information content (AvgIpc) is 3.05. The summed E-state index contributed by atoms with van der Waals surface area (Å²) in [6.45, 7) is 7.92. The Morgan fingerprint density at radius 1 is 1.17 bits per heavy atom. The van der Waals surface area contributed by atoms with Crippen molar-refractivity contribution >= 4 is 23.4 Å². The zero-order valence-corrected chi connectivity index (χ0v) is 26.8. The molecule has 0 spiro atoms. The van der Waals surface area contributed by atoms with Crippen molar-refractivity contribution in [1.82, 2.24) is 24.8 Å². The van der Waals surface area contributed by atoms with E-state index in [1.165, 1.54) is 19.1 Å². The highest BCUT2D eigenvalue weighted by molar-refractivity contribution is 5.80. The van der Waals surface area contributed by atoms with Crippen LogP contribution in [0.1, 0.15) is 25.8 Å². The Balaban J connectivity index is 1.13. The van der Waals surface area contributed by atoms with Crippen molar-refractivity contribution in [2.75, 3.05) is 69.3 Å². The lowest BCUT2D eigenvalue weighted by atomic mass is 10.0. The summed E-state index contributed by atoms with van der Waals surface area (Å²) < 4.78 is 46.8. The number of hydrogen-bond donors (Lipinski definition) is 2. The predicted octanol–water partition coefficient (Wildman–Crippen LogP) is 3.07. The van der Waals surface area contributed by atoms with E-state index >= 15 is 0 Å². The molecule has 0 saturated carbocycles. The number of piperidine rings is 1. The minimum atomic E-state index is -3.38. The minimum absolute atomic E-state index is 0.000145. The molecular formula is C33H38F2N8O5. The van der Waals surface area contributed by atoms with E-state index in [0.29, 0.717) is 35.6 Å². The van der Waals surface area contributed by atoms with Gasteiger partial charge in [0.2, 0.25) is 11.8 Å². The number of halogens is 2. The summed E-state index contributed by atoms with van der Waals surface area (Å²) in [6, 6.07) is 12.6. The molecule has 13 nitrogen and oxygen atoms in total. The van der Waals surface area contributed by atoms with Gasteiger partial charge in [-0.1, -0.05) is 0 Å². The van der Waals surface area contributed by atoms with Gasteiger partial charge < -0.3 is 34.4 Å². The third-order valence-electron chi connectivity index (χ3n) is 8.68. The number of nitriles is 1. The van der Waals surface area contributed by atoms with E-state index in [9.17, 15) is 23.9 Å². The van der Waals surface area contributed by atoms with E-state index in [0.717, 1.165) is 50.0 Å². The summed E-state index contributed by atoms with van der Waals surface area (Å²) in [5.74, 6) is -2.87. The Morgan fingerprint density at radius 2 is 1.96 bits per heavy atom. The van der Waals surface area contributed by atoms with E-state index in [2.05, 4.69) is 25.1 Å². The monoisotopic (exact) mass is 664 g/mol. The van der Waals surface area contributed by atoms with E-state index in [1.54, 1.807) is 18.3 Å². The topological polar surface area (TPSA) is 149 Å². The lowest BCUT2D eigenvalue weighted by Crippen LogP contribution is -2.56. The highest BCUT2D eigenvalue weighted by Gasteiger charge is 2.48. The first-order valence-corrected chi connectivity index (χ1v) is 16.0. The van der Waals surface area contributed by atoms with Crippen molar-refractivity contribution in [2.24, 2.45) is 0 Å². The molecule has 48 heavy (non-hydrogen) atoms. The molecule has 5 heterocycles. The number of aliphatic hydroxyl groups is 1. The molecule has 3 aromatic rings. The Labute approximate surface area is 277 Å². The van der Waals surface area contributed by atoms with Crippen molar-refractivity contribution in [3.05, 3.63) is 48.2 Å². The second-order valence-electron chi connectivity index (χ2n) is 12.0. The summed E-state index contributed by atoms with van der Waals surface area (Å²) >= 11 is 0. The number of piperazine rings is 1. The molecular weight excluding hydrogens is 626 g/mol. The Hall–Kier alpha value is -4.65. The third kappa shape index (κ3) is 7.25. The molecule has 2 aromatic heterocycles. The normalized spacial score (nSPS) is 20.4. The van der Waals surface area contributed by atoms with Crippen LogP contribution in [0.2, 0.25) is 0 Å². The molecule has 3 fully saturated rings. The second kappa shape index (κ2) is 14.2. The predicted molar refractivity (Wildman–Crippen MR) is 172 cm³/mol. The van der Waals surface area contributed by atoms with Gasteiger partial charge in [-0.15, -0.1) is 0 Å². The Kier molecular flexibility index (Phi) is 9.86. The highest BCUT2D eigenvalue weighted by Crippen LogP contribution is 2.35. The van der Waals surface area contributed by atoms with Crippen molar-refractivity contribution in [2.45, 2.75) is 44.4 Å². The molecule has 6 rings (SSSR count). The lowest BCUT2D eigenvalue weighted by molar-refractivity contribution is -0.165. The van der Waals surface area contributed by atoms with Crippen LogP contribution in [0, 0.1) is 11.3 Å². The number of carbonyl (C=O) groups excluding carboxylic acids is 1. The SMILES string of the molecule is CCOc1nc(Nc2nccc(-c3ccc(OC4CCN(C(=O)C(C)O)CC4(F)F)c(C#N)c3)n2)ccc1N1CCN(C2COC2)CC1. The van der Waals surface area contributed by atoms with Gasteiger partial charge in [-0.05, 0) is 50.2 Å². The number of rotatable bonds is 10. The molecule has 0 radical (unpaired) electrons. The van der Waals surface area contributed by atoms with Crippen LogP contribution < -0.4 is 19.7 Å². The maximum atomic E-state index is 14.9. The average molecular weight is 665 g/mol. The van der Waals surface area contributed by atoms with E-state index in [-0.39, 0.29) is 30.2 Å². The molecule has 0 aliphatic carbocycles. The summed E-state index contributed by atoms with van der Waals surface area (Å²) in [4.78, 5) is 31.3. The van der Waals surface area contributed by atoms with Crippen molar-refractivity contribution in [3.8, 4) is 29.0 Å². The molecule has 1 amide bonds. The fourth-order valence-electron chi connectivity index (χ4n) is 5.99. The first-order chi connectivity index (χ1) is 23.1. The standard InChI is InChI=1S/C33H38F2N8O5/c1-3-47-30-26(42-14-12-41(13-15-42)24-18-46-19-24)5-7-29(39-30)40-32-37-10-8-25(38-32)22-4-6-27(23(16-22)17-36)48-28-9-11-43(20-33(28,34)35)31(45)21(2)44/h4-8,10,16,21,24,28,44H,3,9,11-15,18-20H2,1-2H3,(H,37,38,39,40). The number of carbonyl (C=O) groups is 1. The molecule has 15 heteroatoms. The van der Waals surface area contributed by atoms with E-state index < -0.39 is 30.6 Å². The summed E-state index contributed by atoms with van der Waals surface area (Å²) in [6.07, 6.45) is -1.52. The quantitative estimate of drug-likeness (QED) is 0.328. The zero-order chi connectivity index (χ0) is 33.8. The van der Waals surface area contributed by atoms with Gasteiger partial charge in [0.15, 0.2) is 6.10 Å². The van der Waals surface area contributed by atoms with Gasteiger partial charge in [-0.2, -0.15) is 10.2 Å². The maximum Gasteiger partial charge on any atom is 0.301 e. The van der Waals surface area contributed by atoms with Crippen LogP contribution in [0.5, 0.6) is 11.6 Å². The summed E-state index contributed by atoms with van der Waals surface area (Å²) in [7, 11) is 0. The van der Waals surface area contributed by atoms with Crippen LogP contribution in [-0.2, 0) is 9.53 Å². The number of benzene rings is 1. The minimum Gasteiger partial charge on any atom is -0.483 e. The van der Waals surface area contributed by atoms with Gasteiger partial charge in [0, 0.05) is 50.9 Å². The van der Waals surface area contributed by atoms with Crippen LogP contribution in [0.25, 0.3) is 11.3 Å². The molecule has 0 bridgehead atoms. The van der Waals surface area contributed by atoms with Gasteiger partial charge in [0.1, 0.15) is 29.4 Å². The molecule has 2 unspecified atom stereocenters. The molecule has 2 N–H and O–H groups in total. The molecule has 1 aromatic carbocycles. The first kappa shape index (κ1) is 33.3. The van der Waals surface area contributed by atoms with E-state index in [4.69, 9.17) is 19.2 Å². The largest absolute Gasteiger partial charge is 0.483 e. The molecule has 3 aliphatic rings.